The second kappa shape index (κ2) is 6.12. The number of carboxylic acids is 1. The lowest BCUT2D eigenvalue weighted by molar-refractivity contribution is -0.139. The van der Waals surface area contributed by atoms with Crippen molar-refractivity contribution in [3.8, 4) is 5.75 Å². The molecule has 0 radical (unpaired) electrons. The predicted octanol–water partition coefficient (Wildman–Crippen LogP) is 0.122. The summed E-state index contributed by atoms with van der Waals surface area (Å²) in [7, 11) is 0. The van der Waals surface area contributed by atoms with E-state index in [2.05, 4.69) is 5.32 Å². The van der Waals surface area contributed by atoms with Crippen LogP contribution in [-0.4, -0.2) is 57.5 Å². The number of imide groups is 2. The number of hydrogen-bond acceptors (Lipinski definition) is 5. The van der Waals surface area contributed by atoms with E-state index in [4.69, 9.17) is 0 Å². The van der Waals surface area contributed by atoms with Crippen molar-refractivity contribution in [3.63, 3.8) is 0 Å². The second-order valence-electron chi connectivity index (χ2n) is 4.55. The number of rotatable bonds is 4. The first-order valence-electron chi connectivity index (χ1n) is 6.29. The van der Waals surface area contributed by atoms with Crippen LogP contribution in [0.25, 0.3) is 0 Å². The average Bonchev–Trinajstić information content (AvgIpc) is 2.86. The second-order valence-corrected chi connectivity index (χ2v) is 4.55. The highest BCUT2D eigenvalue weighted by molar-refractivity contribution is 6.00. The van der Waals surface area contributed by atoms with Gasteiger partial charge in [0.2, 0.25) is 6.41 Å². The molecule has 2 rings (SSSR count). The molecule has 0 aliphatic carbocycles. The smallest absolute Gasteiger partial charge is 0.334 e. The number of aromatic hydroxyl groups is 1. The minimum absolute atomic E-state index is 0.00861. The van der Waals surface area contributed by atoms with E-state index in [-0.39, 0.29) is 24.4 Å². The molecule has 0 aromatic heterocycles. The molecule has 1 fully saturated rings. The van der Waals surface area contributed by atoms with Gasteiger partial charge in [0, 0.05) is 6.54 Å². The third kappa shape index (κ3) is 2.97. The third-order valence-corrected chi connectivity index (χ3v) is 3.15. The maximum Gasteiger partial charge on any atom is 0.334 e. The van der Waals surface area contributed by atoms with Crippen LogP contribution < -0.4 is 5.32 Å². The van der Waals surface area contributed by atoms with Crippen LogP contribution >= 0.6 is 0 Å². The number of nitrogens with one attached hydrogen (secondary N) is 1. The molecule has 116 valence electrons. The third-order valence-electron chi connectivity index (χ3n) is 3.15. The number of hydrogen-bond donors (Lipinski definition) is 3. The molecule has 22 heavy (non-hydrogen) atoms. The zero-order valence-corrected chi connectivity index (χ0v) is 11.3. The van der Waals surface area contributed by atoms with Gasteiger partial charge in [0.1, 0.15) is 5.75 Å². The highest BCUT2D eigenvalue weighted by Crippen LogP contribution is 2.18. The number of aliphatic carboxylic acids is 1. The van der Waals surface area contributed by atoms with Crippen LogP contribution in [-0.2, 0) is 9.59 Å². The number of carbonyl (C=O) groups excluding carboxylic acids is 3. The summed E-state index contributed by atoms with van der Waals surface area (Å²) in [6.45, 7) is 0.0536. The molecule has 0 bridgehead atoms. The lowest BCUT2D eigenvalue weighted by Gasteiger charge is -2.19. The molecule has 9 nitrogen and oxygen atoms in total. The number of nitrogens with zero attached hydrogens (tertiary/aromatic N) is 2. The van der Waals surface area contributed by atoms with Crippen molar-refractivity contribution >= 4 is 24.4 Å². The summed E-state index contributed by atoms with van der Waals surface area (Å²) in [5.41, 5.74) is 0.234. The zero-order valence-electron chi connectivity index (χ0n) is 11.3. The summed E-state index contributed by atoms with van der Waals surface area (Å²) in [5.74, 6) is -1.37. The number of phenolic OH excluding ortho intramolecular Hbond substituents is 1. The van der Waals surface area contributed by atoms with Gasteiger partial charge in [-0.25, -0.2) is 19.3 Å². The molecule has 3 N–H and O–H groups in total. The standard InChI is InChI=1S/C13H13N3O6/c17-7-15-5-6-16(13(15)22)12(21)14-10(11(19)20)8-1-3-9(18)4-2-8/h1-4,7,10,18H,5-6H2,(H,14,21)(H,19,20). The molecule has 1 aliphatic rings. The van der Waals surface area contributed by atoms with Crippen LogP contribution in [0.5, 0.6) is 5.75 Å². The number of benzene rings is 1. The normalized spacial score (nSPS) is 15.5. The molecule has 0 spiro atoms. The summed E-state index contributed by atoms with van der Waals surface area (Å²) < 4.78 is 0. The Morgan fingerprint density at radius 2 is 1.86 bits per heavy atom. The summed E-state index contributed by atoms with van der Waals surface area (Å²) in [6.07, 6.45) is 0.310. The van der Waals surface area contributed by atoms with E-state index in [0.29, 0.717) is 6.41 Å². The van der Waals surface area contributed by atoms with Gasteiger partial charge < -0.3 is 15.5 Å². The summed E-state index contributed by atoms with van der Waals surface area (Å²) in [4.78, 5) is 47.2. The lowest BCUT2D eigenvalue weighted by atomic mass is 10.1. The number of carboxylic acid groups (broad SMARTS) is 1. The Hall–Kier alpha value is -3.10. The Bertz CT molecular complexity index is 615. The quantitative estimate of drug-likeness (QED) is 0.678. The largest absolute Gasteiger partial charge is 0.508 e. The van der Waals surface area contributed by atoms with Crippen molar-refractivity contribution in [2.45, 2.75) is 6.04 Å². The topological polar surface area (TPSA) is 127 Å². The molecule has 0 saturated carbocycles. The first-order chi connectivity index (χ1) is 10.4. The van der Waals surface area contributed by atoms with Crippen LogP contribution in [0.2, 0.25) is 0 Å². The monoisotopic (exact) mass is 307 g/mol. The summed E-state index contributed by atoms with van der Waals surface area (Å²) >= 11 is 0. The van der Waals surface area contributed by atoms with E-state index >= 15 is 0 Å². The molecule has 1 heterocycles. The molecule has 5 amide bonds. The molecule has 1 aliphatic heterocycles. The molecule has 1 aromatic carbocycles. The van der Waals surface area contributed by atoms with Crippen molar-refractivity contribution < 1.29 is 29.4 Å². The van der Waals surface area contributed by atoms with Gasteiger partial charge in [0.25, 0.3) is 0 Å². The fourth-order valence-electron chi connectivity index (χ4n) is 2.00. The predicted molar refractivity (Wildman–Crippen MR) is 71.9 cm³/mol. The molecular weight excluding hydrogens is 294 g/mol. The van der Waals surface area contributed by atoms with Gasteiger partial charge in [-0.1, -0.05) is 12.1 Å². The van der Waals surface area contributed by atoms with Gasteiger partial charge in [0.15, 0.2) is 6.04 Å². The summed E-state index contributed by atoms with van der Waals surface area (Å²) in [5, 5.41) is 20.6. The molecule has 1 saturated heterocycles. The van der Waals surface area contributed by atoms with Crippen LogP contribution in [0.1, 0.15) is 11.6 Å². The van der Waals surface area contributed by atoms with Gasteiger partial charge in [-0.3, -0.25) is 9.69 Å². The Labute approximate surface area is 124 Å². The SMILES string of the molecule is O=CN1CCN(C(=O)NC(C(=O)O)c2ccc(O)cc2)C1=O. The number of amides is 5. The van der Waals surface area contributed by atoms with Crippen molar-refractivity contribution in [2.75, 3.05) is 13.1 Å². The molecule has 1 unspecified atom stereocenters. The first kappa shape index (κ1) is 15.3. The van der Waals surface area contributed by atoms with E-state index < -0.39 is 24.1 Å². The molecule has 1 atom stereocenters. The number of urea groups is 2. The van der Waals surface area contributed by atoms with Crippen molar-refractivity contribution in [2.24, 2.45) is 0 Å². The van der Waals surface area contributed by atoms with Gasteiger partial charge in [0.05, 0.1) is 6.54 Å². The van der Waals surface area contributed by atoms with E-state index in [1.165, 1.54) is 24.3 Å². The summed E-state index contributed by atoms with van der Waals surface area (Å²) in [6, 6.07) is 2.16. The highest BCUT2D eigenvalue weighted by atomic mass is 16.4. The van der Waals surface area contributed by atoms with Gasteiger partial charge in [-0.05, 0) is 17.7 Å². The van der Waals surface area contributed by atoms with Crippen LogP contribution in [0.15, 0.2) is 24.3 Å². The zero-order chi connectivity index (χ0) is 16.3. The van der Waals surface area contributed by atoms with E-state index in [9.17, 15) is 29.4 Å². The fraction of sp³-hybridized carbons (Fsp3) is 0.231. The maximum absolute atomic E-state index is 12.0. The van der Waals surface area contributed by atoms with Crippen LogP contribution in [0, 0.1) is 0 Å². The Morgan fingerprint density at radius 3 is 2.36 bits per heavy atom. The lowest BCUT2D eigenvalue weighted by Crippen LogP contribution is -2.45. The van der Waals surface area contributed by atoms with Gasteiger partial charge in [-0.15, -0.1) is 0 Å². The minimum atomic E-state index is -1.38. The van der Waals surface area contributed by atoms with Crippen molar-refractivity contribution in [1.82, 2.24) is 15.1 Å². The molecular formula is C13H13N3O6. The van der Waals surface area contributed by atoms with E-state index in [1.54, 1.807) is 0 Å². The molecule has 9 heteroatoms. The van der Waals surface area contributed by atoms with Gasteiger partial charge in [-0.2, -0.15) is 0 Å². The highest BCUT2D eigenvalue weighted by Gasteiger charge is 2.35. The number of phenols is 1. The Morgan fingerprint density at radius 1 is 1.23 bits per heavy atom. The molecule has 1 aromatic rings. The van der Waals surface area contributed by atoms with Crippen LogP contribution in [0.4, 0.5) is 9.59 Å². The minimum Gasteiger partial charge on any atom is -0.508 e. The first-order valence-corrected chi connectivity index (χ1v) is 6.29. The average molecular weight is 307 g/mol. The Balaban J connectivity index is 2.13. The van der Waals surface area contributed by atoms with Crippen molar-refractivity contribution in [3.05, 3.63) is 29.8 Å². The van der Waals surface area contributed by atoms with E-state index in [0.717, 1.165) is 9.80 Å². The number of carbonyl (C=O) groups is 4. The maximum atomic E-state index is 12.0. The van der Waals surface area contributed by atoms with Crippen LogP contribution in [0.3, 0.4) is 0 Å². The van der Waals surface area contributed by atoms with Gasteiger partial charge >= 0.3 is 18.0 Å². The van der Waals surface area contributed by atoms with E-state index in [1.807, 2.05) is 0 Å². The van der Waals surface area contributed by atoms with Crippen molar-refractivity contribution in [1.29, 1.82) is 0 Å². The fourth-order valence-corrected chi connectivity index (χ4v) is 2.00. The Kier molecular flexibility index (Phi) is 4.25.